The molecule has 5 heteroatoms. The molecule has 22 heavy (non-hydrogen) atoms. The van der Waals surface area contributed by atoms with Gasteiger partial charge >= 0.3 is 5.97 Å². The lowest BCUT2D eigenvalue weighted by atomic mass is 9.66. The van der Waals surface area contributed by atoms with Crippen LogP contribution in [0.1, 0.15) is 39.2 Å². The van der Waals surface area contributed by atoms with E-state index in [1.165, 1.54) is 0 Å². The van der Waals surface area contributed by atoms with E-state index in [1.54, 1.807) is 12.1 Å². The standard InChI is InChI=1S/C17H20ClNO3/c1-15(2)16(3)8-9-17(15,22-14(16)21)13(20)19-10-11-4-6-12(18)7-5-11/h4-7H,8-10H2,1-3H3,(H,19,20)/t16-,17+/m0/s1. The molecule has 1 aromatic rings. The fourth-order valence-corrected chi connectivity index (χ4v) is 3.80. The van der Waals surface area contributed by atoms with Crippen molar-refractivity contribution in [3.8, 4) is 0 Å². The molecular weight excluding hydrogens is 302 g/mol. The molecule has 1 aliphatic carbocycles. The Bertz CT molecular complexity index is 640. The first-order valence-corrected chi connectivity index (χ1v) is 7.87. The minimum Gasteiger partial charge on any atom is -0.448 e. The zero-order valence-electron chi connectivity index (χ0n) is 13.0. The number of hydrogen-bond acceptors (Lipinski definition) is 3. The molecule has 1 heterocycles. The number of carbonyl (C=O) groups excluding carboxylic acids is 2. The number of amides is 1. The number of nitrogens with one attached hydrogen (secondary N) is 1. The minimum absolute atomic E-state index is 0.206. The molecular formula is C17H20ClNO3. The monoisotopic (exact) mass is 321 g/mol. The van der Waals surface area contributed by atoms with Crippen LogP contribution in [-0.4, -0.2) is 17.5 Å². The van der Waals surface area contributed by atoms with Crippen LogP contribution in [0.15, 0.2) is 24.3 Å². The second-order valence-corrected chi connectivity index (χ2v) is 7.42. The van der Waals surface area contributed by atoms with Crippen LogP contribution in [0.4, 0.5) is 0 Å². The average molecular weight is 322 g/mol. The van der Waals surface area contributed by atoms with Crippen molar-refractivity contribution >= 4 is 23.5 Å². The smallest absolute Gasteiger partial charge is 0.313 e. The van der Waals surface area contributed by atoms with Gasteiger partial charge in [-0.1, -0.05) is 37.6 Å². The molecule has 2 aliphatic rings. The summed E-state index contributed by atoms with van der Waals surface area (Å²) in [5.41, 5.74) is -1.19. The summed E-state index contributed by atoms with van der Waals surface area (Å²) in [4.78, 5) is 24.9. The van der Waals surface area contributed by atoms with Crippen molar-refractivity contribution in [1.82, 2.24) is 5.32 Å². The maximum atomic E-state index is 12.8. The Morgan fingerprint density at radius 2 is 1.86 bits per heavy atom. The first-order chi connectivity index (χ1) is 10.2. The third kappa shape index (κ3) is 1.83. The van der Waals surface area contributed by atoms with E-state index in [2.05, 4.69) is 5.32 Å². The van der Waals surface area contributed by atoms with Gasteiger partial charge < -0.3 is 10.1 Å². The summed E-state index contributed by atoms with van der Waals surface area (Å²) in [6, 6.07) is 7.30. The molecule has 1 aliphatic heterocycles. The first kappa shape index (κ1) is 15.3. The largest absolute Gasteiger partial charge is 0.448 e. The van der Waals surface area contributed by atoms with Crippen LogP contribution in [0.2, 0.25) is 5.02 Å². The Morgan fingerprint density at radius 3 is 2.36 bits per heavy atom. The molecule has 4 nitrogen and oxygen atoms in total. The van der Waals surface area contributed by atoms with Crippen molar-refractivity contribution < 1.29 is 14.3 Å². The summed E-state index contributed by atoms with van der Waals surface area (Å²) in [6.07, 6.45) is 1.27. The number of rotatable bonds is 3. The molecule has 1 N–H and O–H groups in total. The average Bonchev–Trinajstić information content (AvgIpc) is 2.77. The van der Waals surface area contributed by atoms with Crippen molar-refractivity contribution in [2.45, 2.75) is 45.8 Å². The molecule has 1 saturated carbocycles. The van der Waals surface area contributed by atoms with E-state index in [4.69, 9.17) is 16.3 Å². The van der Waals surface area contributed by atoms with Crippen molar-refractivity contribution in [3.63, 3.8) is 0 Å². The van der Waals surface area contributed by atoms with Crippen LogP contribution in [0.25, 0.3) is 0 Å². The highest BCUT2D eigenvalue weighted by atomic mass is 35.5. The van der Waals surface area contributed by atoms with Crippen LogP contribution >= 0.6 is 11.6 Å². The van der Waals surface area contributed by atoms with Gasteiger partial charge in [0.2, 0.25) is 0 Å². The molecule has 1 amide bonds. The van der Waals surface area contributed by atoms with Gasteiger partial charge in [-0.15, -0.1) is 0 Å². The second-order valence-electron chi connectivity index (χ2n) is 6.98. The predicted octanol–water partition coefficient (Wildman–Crippen LogP) is 3.08. The summed E-state index contributed by atoms with van der Waals surface area (Å²) in [5.74, 6) is -0.465. The lowest BCUT2D eigenvalue weighted by Crippen LogP contribution is -2.53. The summed E-state index contributed by atoms with van der Waals surface area (Å²) in [7, 11) is 0. The molecule has 1 saturated heterocycles. The molecule has 2 bridgehead atoms. The molecule has 0 radical (unpaired) electrons. The van der Waals surface area contributed by atoms with Crippen molar-refractivity contribution in [1.29, 1.82) is 0 Å². The van der Waals surface area contributed by atoms with Gasteiger partial charge in [-0.2, -0.15) is 0 Å². The molecule has 2 fully saturated rings. The van der Waals surface area contributed by atoms with Gasteiger partial charge in [0.05, 0.1) is 5.41 Å². The number of fused-ring (bicyclic) bond motifs is 2. The van der Waals surface area contributed by atoms with Crippen LogP contribution in [0.3, 0.4) is 0 Å². The van der Waals surface area contributed by atoms with Gasteiger partial charge in [0, 0.05) is 17.0 Å². The van der Waals surface area contributed by atoms with Gasteiger partial charge in [-0.25, -0.2) is 0 Å². The van der Waals surface area contributed by atoms with E-state index < -0.39 is 16.4 Å². The molecule has 3 rings (SSSR count). The number of halogens is 1. The summed E-state index contributed by atoms with van der Waals surface area (Å²) >= 11 is 5.85. The zero-order valence-corrected chi connectivity index (χ0v) is 13.8. The van der Waals surface area contributed by atoms with E-state index in [0.717, 1.165) is 5.56 Å². The van der Waals surface area contributed by atoms with E-state index in [9.17, 15) is 9.59 Å². The molecule has 0 spiro atoms. The fourth-order valence-electron chi connectivity index (χ4n) is 3.67. The summed E-state index contributed by atoms with van der Waals surface area (Å²) < 4.78 is 5.56. The van der Waals surface area contributed by atoms with Crippen molar-refractivity contribution in [2.75, 3.05) is 0 Å². The maximum Gasteiger partial charge on any atom is 0.313 e. The Morgan fingerprint density at radius 1 is 1.23 bits per heavy atom. The molecule has 1 aromatic carbocycles. The maximum absolute atomic E-state index is 12.8. The molecule has 118 valence electrons. The third-order valence-corrected chi connectivity index (χ3v) is 6.07. The highest BCUT2D eigenvalue weighted by molar-refractivity contribution is 6.30. The fraction of sp³-hybridized carbons (Fsp3) is 0.529. The third-order valence-electron chi connectivity index (χ3n) is 5.82. The number of esters is 1. The van der Waals surface area contributed by atoms with Crippen LogP contribution in [-0.2, 0) is 20.9 Å². The predicted molar refractivity (Wildman–Crippen MR) is 83.2 cm³/mol. The lowest BCUT2D eigenvalue weighted by Gasteiger charge is -2.35. The van der Waals surface area contributed by atoms with E-state index in [0.29, 0.717) is 24.4 Å². The van der Waals surface area contributed by atoms with Gasteiger partial charge in [0.15, 0.2) is 5.60 Å². The highest BCUT2D eigenvalue weighted by Gasteiger charge is 2.75. The normalized spacial score (nSPS) is 31.9. The van der Waals surface area contributed by atoms with Gasteiger partial charge in [0.1, 0.15) is 0 Å². The Kier molecular flexibility index (Phi) is 3.29. The molecule has 2 atom stereocenters. The van der Waals surface area contributed by atoms with Crippen LogP contribution in [0, 0.1) is 10.8 Å². The van der Waals surface area contributed by atoms with Crippen LogP contribution < -0.4 is 5.32 Å². The van der Waals surface area contributed by atoms with Crippen molar-refractivity contribution in [3.05, 3.63) is 34.9 Å². The Labute approximate surface area is 135 Å². The first-order valence-electron chi connectivity index (χ1n) is 7.49. The number of hydrogen-bond donors (Lipinski definition) is 1. The molecule has 0 unspecified atom stereocenters. The van der Waals surface area contributed by atoms with Gasteiger partial charge in [0.25, 0.3) is 5.91 Å². The number of ether oxygens (including phenoxy) is 1. The SMILES string of the molecule is CC1(C)[C@@]2(C)CC[C@]1(C(=O)NCc1ccc(Cl)cc1)OC2=O. The Balaban J connectivity index is 1.78. The molecule has 0 aromatic heterocycles. The van der Waals surface area contributed by atoms with Crippen molar-refractivity contribution in [2.24, 2.45) is 10.8 Å². The number of benzene rings is 1. The quantitative estimate of drug-likeness (QED) is 0.870. The zero-order chi connectivity index (χ0) is 16.2. The minimum atomic E-state index is -1.05. The van der Waals surface area contributed by atoms with E-state index in [-0.39, 0.29) is 11.9 Å². The highest BCUT2D eigenvalue weighted by Crippen LogP contribution is 2.65. The second kappa shape index (κ2) is 4.72. The Hall–Kier alpha value is -1.55. The van der Waals surface area contributed by atoms with Crippen LogP contribution in [0.5, 0.6) is 0 Å². The lowest BCUT2D eigenvalue weighted by molar-refractivity contribution is -0.168. The summed E-state index contributed by atoms with van der Waals surface area (Å²) in [5, 5.41) is 3.57. The van der Waals surface area contributed by atoms with E-state index in [1.807, 2.05) is 32.9 Å². The number of carbonyl (C=O) groups is 2. The van der Waals surface area contributed by atoms with Gasteiger partial charge in [-0.05, 0) is 37.5 Å². The summed E-state index contributed by atoms with van der Waals surface area (Å²) in [6.45, 7) is 6.19. The van der Waals surface area contributed by atoms with Gasteiger partial charge in [-0.3, -0.25) is 9.59 Å². The van der Waals surface area contributed by atoms with E-state index >= 15 is 0 Å². The topological polar surface area (TPSA) is 55.4 Å².